The van der Waals surface area contributed by atoms with Gasteiger partial charge in [-0.25, -0.2) is 0 Å². The highest BCUT2D eigenvalue weighted by atomic mass is 28.4. The van der Waals surface area contributed by atoms with Crippen LogP contribution in [0.15, 0.2) is 35.5 Å². The maximum atomic E-state index is 13.2. The van der Waals surface area contributed by atoms with Gasteiger partial charge in [0.1, 0.15) is 5.78 Å². The molecular weight excluding hydrogens is 673 g/mol. The number of allylic oxidation sites excluding steroid dienone is 4. The SMILES string of the molecule is CCCCCCCC(=O)C1([C@@H](O)C=C[C@@H](C)[C@H]2CC[C@H]3C(=CC=C4C[C@@H](O[Si](C)(C)C(C)(C)C)C[C@H](O[Si](C)(C)C(C)(C)C)C4)CCC[C@]23C)CC1. The zero-order valence-electron chi connectivity index (χ0n) is 36.3. The summed E-state index contributed by atoms with van der Waals surface area (Å²) in [5.74, 6) is 1.91. The smallest absolute Gasteiger partial charge is 0.192 e. The summed E-state index contributed by atoms with van der Waals surface area (Å²) in [6.45, 7) is 30.8. The van der Waals surface area contributed by atoms with Crippen LogP contribution in [0.25, 0.3) is 0 Å². The molecule has 4 saturated carbocycles. The van der Waals surface area contributed by atoms with Gasteiger partial charge in [-0.3, -0.25) is 4.79 Å². The highest BCUT2D eigenvalue weighted by Crippen LogP contribution is 2.60. The Bertz CT molecular complexity index is 1250. The molecule has 298 valence electrons. The van der Waals surface area contributed by atoms with Crippen LogP contribution in [0.4, 0.5) is 0 Å². The summed E-state index contributed by atoms with van der Waals surface area (Å²) in [5.41, 5.74) is 2.93. The van der Waals surface area contributed by atoms with Crippen molar-refractivity contribution in [1.82, 2.24) is 0 Å². The van der Waals surface area contributed by atoms with E-state index in [9.17, 15) is 9.90 Å². The summed E-state index contributed by atoms with van der Waals surface area (Å²) in [6.07, 6.45) is 26.5. The summed E-state index contributed by atoms with van der Waals surface area (Å²) in [4.78, 5) is 13.2. The Hall–Kier alpha value is -0.796. The van der Waals surface area contributed by atoms with Gasteiger partial charge in [0.15, 0.2) is 16.6 Å². The number of hydrogen-bond acceptors (Lipinski definition) is 4. The van der Waals surface area contributed by atoms with Crippen molar-refractivity contribution in [2.24, 2.45) is 28.6 Å². The first-order valence-electron chi connectivity index (χ1n) is 21.7. The molecule has 4 nitrogen and oxygen atoms in total. The van der Waals surface area contributed by atoms with E-state index in [0.29, 0.717) is 30.0 Å². The van der Waals surface area contributed by atoms with E-state index in [1.54, 1.807) is 5.57 Å². The van der Waals surface area contributed by atoms with Crippen LogP contribution in [0.1, 0.15) is 165 Å². The highest BCUT2D eigenvalue weighted by molar-refractivity contribution is 6.74. The number of carbonyl (C=O) groups is 1. The number of unbranched alkanes of at least 4 members (excludes halogenated alkanes) is 4. The molecule has 0 unspecified atom stereocenters. The molecule has 0 saturated heterocycles. The molecule has 0 aromatic heterocycles. The van der Waals surface area contributed by atoms with Crippen LogP contribution in [0.5, 0.6) is 0 Å². The van der Waals surface area contributed by atoms with Gasteiger partial charge in [-0.15, -0.1) is 0 Å². The molecule has 0 heterocycles. The van der Waals surface area contributed by atoms with Gasteiger partial charge >= 0.3 is 0 Å². The molecule has 4 aliphatic rings. The van der Waals surface area contributed by atoms with Crippen molar-refractivity contribution in [3.05, 3.63) is 35.5 Å². The van der Waals surface area contributed by atoms with Crippen LogP contribution < -0.4 is 0 Å². The minimum Gasteiger partial charge on any atom is -0.414 e. The van der Waals surface area contributed by atoms with Gasteiger partial charge in [0.05, 0.1) is 23.7 Å². The third-order valence-electron chi connectivity index (χ3n) is 15.3. The van der Waals surface area contributed by atoms with Crippen molar-refractivity contribution in [2.45, 2.75) is 220 Å². The zero-order valence-corrected chi connectivity index (χ0v) is 38.3. The monoisotopic (exact) mass is 755 g/mol. The van der Waals surface area contributed by atoms with E-state index in [-0.39, 0.29) is 27.7 Å². The number of fused-ring (bicyclic) bond motifs is 1. The number of ketones is 1. The largest absolute Gasteiger partial charge is 0.414 e. The van der Waals surface area contributed by atoms with Gasteiger partial charge in [-0.05, 0) is 130 Å². The fourth-order valence-electron chi connectivity index (χ4n) is 9.61. The second-order valence-corrected chi connectivity index (χ2v) is 30.8. The summed E-state index contributed by atoms with van der Waals surface area (Å²) >= 11 is 0. The van der Waals surface area contributed by atoms with Crippen LogP contribution in [0.3, 0.4) is 0 Å². The predicted octanol–water partition coefficient (Wildman–Crippen LogP) is 13.3. The van der Waals surface area contributed by atoms with Gasteiger partial charge in [0.2, 0.25) is 0 Å². The normalized spacial score (nSPS) is 30.4. The van der Waals surface area contributed by atoms with Crippen molar-refractivity contribution in [2.75, 3.05) is 0 Å². The maximum absolute atomic E-state index is 13.2. The number of carbonyl (C=O) groups excluding carboxylic acids is 1. The first kappa shape index (κ1) is 43.9. The van der Waals surface area contributed by atoms with Crippen molar-refractivity contribution in [1.29, 1.82) is 0 Å². The van der Waals surface area contributed by atoms with Crippen LogP contribution in [-0.2, 0) is 13.6 Å². The molecule has 4 aliphatic carbocycles. The van der Waals surface area contributed by atoms with Crippen molar-refractivity contribution in [3.8, 4) is 0 Å². The molecule has 0 aromatic carbocycles. The summed E-state index contributed by atoms with van der Waals surface area (Å²) in [6, 6.07) is 0. The molecule has 52 heavy (non-hydrogen) atoms. The number of rotatable bonds is 16. The molecule has 0 aromatic rings. The van der Waals surface area contributed by atoms with Gasteiger partial charge in [-0.1, -0.05) is 123 Å². The maximum Gasteiger partial charge on any atom is 0.192 e. The summed E-state index contributed by atoms with van der Waals surface area (Å²) in [7, 11) is -3.82. The lowest BCUT2D eigenvalue weighted by molar-refractivity contribution is -0.127. The molecule has 7 atom stereocenters. The molecular formula is C46H82O4Si2. The Balaban J connectivity index is 1.46. The summed E-state index contributed by atoms with van der Waals surface area (Å²) < 4.78 is 14.2. The number of aliphatic hydroxyl groups is 1. The zero-order chi connectivity index (χ0) is 38.8. The van der Waals surface area contributed by atoms with E-state index in [1.165, 1.54) is 56.9 Å². The Morgan fingerprint density at radius 2 is 1.44 bits per heavy atom. The van der Waals surface area contributed by atoms with Gasteiger partial charge < -0.3 is 14.0 Å². The molecule has 0 spiro atoms. The van der Waals surface area contributed by atoms with Crippen molar-refractivity contribution < 1.29 is 18.8 Å². The van der Waals surface area contributed by atoms with Crippen molar-refractivity contribution >= 4 is 22.4 Å². The molecule has 0 aliphatic heterocycles. The van der Waals surface area contributed by atoms with Crippen molar-refractivity contribution in [3.63, 3.8) is 0 Å². The average Bonchev–Trinajstić information content (AvgIpc) is 3.77. The number of aliphatic hydroxyl groups excluding tert-OH is 1. The quantitative estimate of drug-likeness (QED) is 0.0968. The molecule has 6 heteroatoms. The van der Waals surface area contributed by atoms with E-state index in [2.05, 4.69) is 107 Å². The Morgan fingerprint density at radius 1 is 0.865 bits per heavy atom. The lowest BCUT2D eigenvalue weighted by Gasteiger charge is -2.45. The second kappa shape index (κ2) is 17.1. The predicted molar refractivity (Wildman–Crippen MR) is 227 cm³/mol. The van der Waals surface area contributed by atoms with Gasteiger partial charge in [-0.2, -0.15) is 0 Å². The summed E-state index contributed by atoms with van der Waals surface area (Å²) in [5, 5.41) is 11.7. The number of hydrogen-bond donors (Lipinski definition) is 1. The fourth-order valence-corrected chi connectivity index (χ4v) is 12.3. The standard InChI is InChI=1S/C46H82O4Si2/c1-14-15-16-17-18-21-41(47)46(29-30-46)42(48)27-22-34(2)39-25-26-40-36(20-19-28-45(39,40)9)24-23-35-31-37(49-51(10,11)43(3,4)5)33-38(32-35)50-52(12,13)44(6,7)8/h22-24,27,34,37-40,42,48H,14-21,25-26,28-33H2,1-13H3/t34-,37-,38-,39-,40+,42+,45-/m1/s1. The Labute approximate surface area is 323 Å². The fraction of sp³-hybridized carbons (Fsp3) is 0.848. The minimum atomic E-state index is -1.91. The first-order chi connectivity index (χ1) is 24.1. The second-order valence-electron chi connectivity index (χ2n) is 21.2. The topological polar surface area (TPSA) is 55.8 Å². The van der Waals surface area contributed by atoms with Crippen LogP contribution in [0, 0.1) is 28.6 Å². The van der Waals surface area contributed by atoms with Crippen LogP contribution in [0.2, 0.25) is 36.3 Å². The highest BCUT2D eigenvalue weighted by Gasteiger charge is 2.54. The lowest BCUT2D eigenvalue weighted by atomic mass is 9.61. The molecule has 0 bridgehead atoms. The third-order valence-corrected chi connectivity index (χ3v) is 24.3. The van der Waals surface area contributed by atoms with E-state index < -0.39 is 28.2 Å². The average molecular weight is 755 g/mol. The van der Waals surface area contributed by atoms with Gasteiger partial charge in [0, 0.05) is 6.42 Å². The Kier molecular flexibility index (Phi) is 14.5. The van der Waals surface area contributed by atoms with E-state index in [0.717, 1.165) is 44.9 Å². The molecule has 0 radical (unpaired) electrons. The van der Waals surface area contributed by atoms with E-state index in [4.69, 9.17) is 8.85 Å². The molecule has 0 amide bonds. The first-order valence-corrected chi connectivity index (χ1v) is 27.5. The lowest BCUT2D eigenvalue weighted by Crippen LogP contribution is -2.48. The number of Topliss-reactive ketones (excluding diaryl/α,β-unsaturated/α-hetero) is 1. The minimum absolute atomic E-state index is 0.187. The van der Waals surface area contributed by atoms with Gasteiger partial charge in [0.25, 0.3) is 0 Å². The van der Waals surface area contributed by atoms with E-state index in [1.807, 2.05) is 6.08 Å². The van der Waals surface area contributed by atoms with E-state index >= 15 is 0 Å². The molecule has 1 N–H and O–H groups in total. The Morgan fingerprint density at radius 3 is 1.98 bits per heavy atom. The third kappa shape index (κ3) is 10.3. The molecule has 4 rings (SSSR count). The molecule has 4 fully saturated rings. The van der Waals surface area contributed by atoms with Crippen LogP contribution >= 0.6 is 0 Å². The van der Waals surface area contributed by atoms with Crippen LogP contribution in [-0.4, -0.2) is 45.8 Å².